The summed E-state index contributed by atoms with van der Waals surface area (Å²) in [5.74, 6) is 0.925. The highest BCUT2D eigenvalue weighted by Gasteiger charge is 2.04. The maximum absolute atomic E-state index is 5.72. The van der Waals surface area contributed by atoms with E-state index in [1.54, 1.807) is 19.2 Å². The largest absolute Gasteiger partial charge is 0.476 e. The number of aromatic nitrogens is 1. The van der Waals surface area contributed by atoms with Crippen LogP contribution in [0.4, 0.5) is 5.69 Å². The van der Waals surface area contributed by atoms with Gasteiger partial charge in [-0.3, -0.25) is 0 Å². The number of nitrogen functional groups attached to an aromatic ring is 1. The first-order valence-electron chi connectivity index (χ1n) is 5.29. The average Bonchev–Trinajstić information content (AvgIpc) is 2.30. The van der Waals surface area contributed by atoms with E-state index < -0.39 is 0 Å². The highest BCUT2D eigenvalue weighted by molar-refractivity contribution is 5.49. The predicted molar refractivity (Wildman–Crippen MR) is 61.8 cm³/mol. The van der Waals surface area contributed by atoms with E-state index in [0.717, 1.165) is 6.42 Å². The molecule has 0 atom stereocenters. The number of ether oxygens (including phenoxy) is 3. The van der Waals surface area contributed by atoms with Gasteiger partial charge in [0.2, 0.25) is 11.8 Å². The van der Waals surface area contributed by atoms with Gasteiger partial charge in [0.05, 0.1) is 18.9 Å². The van der Waals surface area contributed by atoms with Crippen molar-refractivity contribution in [3.8, 4) is 11.8 Å². The van der Waals surface area contributed by atoms with E-state index in [-0.39, 0.29) is 0 Å². The molecule has 0 aliphatic heterocycles. The molecular formula is C11H18N2O3. The molecule has 5 heteroatoms. The molecule has 0 fully saturated rings. The minimum atomic E-state index is 0.428. The van der Waals surface area contributed by atoms with Gasteiger partial charge < -0.3 is 19.9 Å². The number of anilines is 1. The van der Waals surface area contributed by atoms with Crippen LogP contribution in [0.2, 0.25) is 0 Å². The lowest BCUT2D eigenvalue weighted by Crippen LogP contribution is -2.07. The molecule has 0 saturated heterocycles. The summed E-state index contributed by atoms with van der Waals surface area (Å²) in [5, 5.41) is 0. The molecule has 0 aliphatic rings. The van der Waals surface area contributed by atoms with E-state index in [4.69, 9.17) is 19.9 Å². The van der Waals surface area contributed by atoms with Gasteiger partial charge in [0, 0.05) is 13.2 Å². The first-order chi connectivity index (χ1) is 7.77. The molecule has 5 nitrogen and oxygen atoms in total. The number of hydrogen-bond acceptors (Lipinski definition) is 5. The van der Waals surface area contributed by atoms with Crippen LogP contribution in [-0.4, -0.2) is 31.9 Å². The Balaban J connectivity index is 2.58. The van der Waals surface area contributed by atoms with Crippen LogP contribution in [0, 0.1) is 0 Å². The third-order valence-electron chi connectivity index (χ3n) is 1.84. The molecule has 1 rings (SSSR count). The SMILES string of the molecule is CCCOc1nc(OCCOC)ccc1N. The molecule has 90 valence electrons. The predicted octanol–water partition coefficient (Wildman–Crippen LogP) is 1.48. The van der Waals surface area contributed by atoms with Gasteiger partial charge in [-0.25, -0.2) is 0 Å². The quantitative estimate of drug-likeness (QED) is 0.713. The Labute approximate surface area is 95.5 Å². The van der Waals surface area contributed by atoms with E-state index in [1.807, 2.05) is 6.92 Å². The molecule has 1 aromatic rings. The lowest BCUT2D eigenvalue weighted by atomic mass is 10.4. The minimum absolute atomic E-state index is 0.428. The van der Waals surface area contributed by atoms with Gasteiger partial charge in [0.1, 0.15) is 6.61 Å². The lowest BCUT2D eigenvalue weighted by Gasteiger charge is -2.09. The highest BCUT2D eigenvalue weighted by atomic mass is 16.5. The van der Waals surface area contributed by atoms with E-state index in [2.05, 4.69) is 4.98 Å². The van der Waals surface area contributed by atoms with Crippen LogP contribution in [0.15, 0.2) is 12.1 Å². The molecule has 0 saturated carbocycles. The summed E-state index contributed by atoms with van der Waals surface area (Å²) in [4.78, 5) is 4.16. The Morgan fingerprint density at radius 3 is 2.69 bits per heavy atom. The van der Waals surface area contributed by atoms with Gasteiger partial charge in [-0.1, -0.05) is 6.92 Å². The van der Waals surface area contributed by atoms with E-state index >= 15 is 0 Å². The van der Waals surface area contributed by atoms with Crippen molar-refractivity contribution < 1.29 is 14.2 Å². The van der Waals surface area contributed by atoms with Crippen LogP contribution in [-0.2, 0) is 4.74 Å². The number of methoxy groups -OCH3 is 1. The van der Waals surface area contributed by atoms with Crippen molar-refractivity contribution in [3.05, 3.63) is 12.1 Å². The van der Waals surface area contributed by atoms with Crippen molar-refractivity contribution in [2.24, 2.45) is 0 Å². The molecule has 0 bridgehead atoms. The van der Waals surface area contributed by atoms with Crippen molar-refractivity contribution in [1.82, 2.24) is 4.98 Å². The fourth-order valence-electron chi connectivity index (χ4n) is 1.06. The zero-order valence-corrected chi connectivity index (χ0v) is 9.73. The van der Waals surface area contributed by atoms with Gasteiger partial charge in [0.15, 0.2) is 0 Å². The summed E-state index contributed by atoms with van der Waals surface area (Å²) in [6.45, 7) is 3.60. The molecule has 0 amide bonds. The number of pyridine rings is 1. The van der Waals surface area contributed by atoms with Gasteiger partial charge in [-0.2, -0.15) is 4.98 Å². The van der Waals surface area contributed by atoms with Crippen molar-refractivity contribution in [3.63, 3.8) is 0 Å². The summed E-state index contributed by atoms with van der Waals surface area (Å²) >= 11 is 0. The molecule has 1 heterocycles. The first-order valence-corrected chi connectivity index (χ1v) is 5.29. The number of nitrogens with zero attached hydrogens (tertiary/aromatic N) is 1. The summed E-state index contributed by atoms with van der Waals surface area (Å²) in [7, 11) is 1.62. The zero-order valence-electron chi connectivity index (χ0n) is 9.73. The summed E-state index contributed by atoms with van der Waals surface area (Å²) in [5.41, 5.74) is 6.24. The summed E-state index contributed by atoms with van der Waals surface area (Å²) < 4.78 is 15.6. The van der Waals surface area contributed by atoms with Crippen molar-refractivity contribution >= 4 is 5.69 Å². The van der Waals surface area contributed by atoms with Crippen molar-refractivity contribution in [1.29, 1.82) is 0 Å². The topological polar surface area (TPSA) is 66.6 Å². The molecule has 0 spiro atoms. The van der Waals surface area contributed by atoms with Gasteiger partial charge in [-0.05, 0) is 12.5 Å². The Kier molecular flexibility index (Phi) is 5.42. The monoisotopic (exact) mass is 226 g/mol. The summed E-state index contributed by atoms with van der Waals surface area (Å²) in [6, 6.07) is 3.43. The van der Waals surface area contributed by atoms with Crippen LogP contribution >= 0.6 is 0 Å². The number of hydrogen-bond donors (Lipinski definition) is 1. The van der Waals surface area contributed by atoms with Crippen LogP contribution in [0.3, 0.4) is 0 Å². The lowest BCUT2D eigenvalue weighted by molar-refractivity contribution is 0.143. The van der Waals surface area contributed by atoms with E-state index in [0.29, 0.717) is 37.3 Å². The molecular weight excluding hydrogens is 208 g/mol. The Hall–Kier alpha value is -1.49. The van der Waals surface area contributed by atoms with Crippen molar-refractivity contribution in [2.75, 3.05) is 32.7 Å². The molecule has 1 aromatic heterocycles. The molecule has 16 heavy (non-hydrogen) atoms. The van der Waals surface area contributed by atoms with E-state index in [1.165, 1.54) is 0 Å². The van der Waals surface area contributed by atoms with Crippen LogP contribution in [0.1, 0.15) is 13.3 Å². The van der Waals surface area contributed by atoms with Crippen LogP contribution < -0.4 is 15.2 Å². The maximum Gasteiger partial charge on any atom is 0.240 e. The fraction of sp³-hybridized carbons (Fsp3) is 0.545. The zero-order chi connectivity index (χ0) is 11.8. The van der Waals surface area contributed by atoms with Gasteiger partial charge >= 0.3 is 0 Å². The maximum atomic E-state index is 5.72. The average molecular weight is 226 g/mol. The van der Waals surface area contributed by atoms with Gasteiger partial charge in [0.25, 0.3) is 0 Å². The Morgan fingerprint density at radius 1 is 1.19 bits per heavy atom. The standard InChI is InChI=1S/C11H18N2O3/c1-3-6-16-11-9(12)4-5-10(13-11)15-8-7-14-2/h4-5H,3,6-8,12H2,1-2H3. The summed E-state index contributed by atoms with van der Waals surface area (Å²) in [6.07, 6.45) is 0.913. The second-order valence-electron chi connectivity index (χ2n) is 3.23. The third kappa shape index (κ3) is 3.94. The molecule has 2 N–H and O–H groups in total. The third-order valence-corrected chi connectivity index (χ3v) is 1.84. The molecule has 0 radical (unpaired) electrons. The Morgan fingerprint density at radius 2 is 2.00 bits per heavy atom. The smallest absolute Gasteiger partial charge is 0.240 e. The Bertz CT molecular complexity index is 318. The first kappa shape index (κ1) is 12.6. The molecule has 0 aliphatic carbocycles. The number of rotatable bonds is 7. The molecule has 0 unspecified atom stereocenters. The van der Waals surface area contributed by atoms with E-state index in [9.17, 15) is 0 Å². The van der Waals surface area contributed by atoms with Crippen LogP contribution in [0.25, 0.3) is 0 Å². The minimum Gasteiger partial charge on any atom is -0.476 e. The van der Waals surface area contributed by atoms with Gasteiger partial charge in [-0.15, -0.1) is 0 Å². The second-order valence-corrected chi connectivity index (χ2v) is 3.23. The van der Waals surface area contributed by atoms with Crippen LogP contribution in [0.5, 0.6) is 11.8 Å². The number of nitrogens with two attached hydrogens (primary N) is 1. The van der Waals surface area contributed by atoms with Crippen molar-refractivity contribution in [2.45, 2.75) is 13.3 Å². The normalized spacial score (nSPS) is 10.1. The second kappa shape index (κ2) is 6.90. The highest BCUT2D eigenvalue weighted by Crippen LogP contribution is 2.22. The molecule has 0 aromatic carbocycles. The fourth-order valence-corrected chi connectivity index (χ4v) is 1.06.